The molecule has 1 aliphatic heterocycles. The highest BCUT2D eigenvalue weighted by Gasteiger charge is 2.26. The lowest BCUT2D eigenvalue weighted by molar-refractivity contribution is -0.723. The van der Waals surface area contributed by atoms with Gasteiger partial charge in [-0.25, -0.2) is 0 Å². The number of hydrogen-bond donors (Lipinski definition) is 4. The number of quaternary nitrogens is 2. The smallest absolute Gasteiger partial charge is 0.0919 e. The van der Waals surface area contributed by atoms with E-state index in [0.29, 0.717) is 23.2 Å². The fourth-order valence-electron chi connectivity index (χ4n) is 3.47. The van der Waals surface area contributed by atoms with E-state index in [2.05, 4.69) is 62.8 Å². The minimum absolute atomic E-state index is 0. The summed E-state index contributed by atoms with van der Waals surface area (Å²) in [4.78, 5) is 0. The molecular weight excluding hydrogens is 367 g/mol. The SMILES string of the molecule is C[C@H]1CC(C)(C)[NH2+]CCN[C@@H](C)CC(C)(C)[NH2+]CCN1.O.O.O.[Cl-].[Cl-]. The highest BCUT2D eigenvalue weighted by Crippen LogP contribution is 2.07. The quantitative estimate of drug-likeness (QED) is 0.313. The molecule has 25 heavy (non-hydrogen) atoms. The summed E-state index contributed by atoms with van der Waals surface area (Å²) in [6.45, 7) is 18.6. The topological polar surface area (TPSA) is 152 Å². The van der Waals surface area contributed by atoms with E-state index in [1.165, 1.54) is 12.8 Å². The molecule has 0 amide bonds. The van der Waals surface area contributed by atoms with Crippen LogP contribution in [0.15, 0.2) is 0 Å². The van der Waals surface area contributed by atoms with E-state index in [1.54, 1.807) is 0 Å². The van der Waals surface area contributed by atoms with E-state index < -0.39 is 0 Å². The second-order valence-corrected chi connectivity index (χ2v) is 8.08. The number of nitrogens with two attached hydrogens (primary N) is 2. The molecule has 0 spiro atoms. The Balaban J connectivity index is -0.000000267. The van der Waals surface area contributed by atoms with Gasteiger partial charge in [-0.2, -0.15) is 0 Å². The molecule has 0 aliphatic carbocycles. The Hall–Kier alpha value is 0.300. The van der Waals surface area contributed by atoms with Crippen molar-refractivity contribution in [1.82, 2.24) is 10.6 Å². The van der Waals surface area contributed by atoms with Crippen LogP contribution in [0.4, 0.5) is 0 Å². The van der Waals surface area contributed by atoms with Crippen LogP contribution in [0.25, 0.3) is 0 Å². The first-order valence-electron chi connectivity index (χ1n) is 8.36. The van der Waals surface area contributed by atoms with Crippen molar-refractivity contribution in [1.29, 1.82) is 0 Å². The summed E-state index contributed by atoms with van der Waals surface area (Å²) >= 11 is 0. The van der Waals surface area contributed by atoms with Gasteiger partial charge >= 0.3 is 0 Å². The van der Waals surface area contributed by atoms with Crippen molar-refractivity contribution in [2.24, 2.45) is 0 Å². The van der Waals surface area contributed by atoms with Gasteiger partial charge in [-0.05, 0) is 41.5 Å². The average Bonchev–Trinajstić information content (AvgIpc) is 2.28. The molecule has 2 atom stereocenters. The van der Waals surface area contributed by atoms with Crippen molar-refractivity contribution in [2.45, 2.75) is 77.5 Å². The van der Waals surface area contributed by atoms with Gasteiger partial charge in [0.25, 0.3) is 0 Å². The Kier molecular flexibility index (Phi) is 23.9. The molecule has 7 nitrogen and oxygen atoms in total. The lowest BCUT2D eigenvalue weighted by Crippen LogP contribution is -3.00. The predicted molar refractivity (Wildman–Crippen MR) is 96.7 cm³/mol. The van der Waals surface area contributed by atoms with Gasteiger partial charge in [0.2, 0.25) is 0 Å². The zero-order chi connectivity index (χ0) is 15.2. The summed E-state index contributed by atoms with van der Waals surface area (Å²) < 4.78 is 0. The molecule has 1 aliphatic rings. The van der Waals surface area contributed by atoms with E-state index in [4.69, 9.17) is 0 Å². The van der Waals surface area contributed by atoms with Crippen LogP contribution in [0, 0.1) is 0 Å². The summed E-state index contributed by atoms with van der Waals surface area (Å²) in [5.74, 6) is 0. The molecular formula is C16H44Cl2N4O3. The summed E-state index contributed by atoms with van der Waals surface area (Å²) in [6, 6.07) is 1.18. The maximum Gasteiger partial charge on any atom is 0.0919 e. The lowest BCUT2D eigenvalue weighted by Gasteiger charge is -2.30. The maximum atomic E-state index is 3.67. The molecule has 160 valence electrons. The molecule has 0 unspecified atom stereocenters. The van der Waals surface area contributed by atoms with E-state index in [1.807, 2.05) is 0 Å². The van der Waals surface area contributed by atoms with Crippen LogP contribution in [0.3, 0.4) is 0 Å². The van der Waals surface area contributed by atoms with E-state index in [-0.39, 0.29) is 41.2 Å². The third-order valence-electron chi connectivity index (χ3n) is 4.33. The number of nitrogens with one attached hydrogen (secondary N) is 2. The van der Waals surface area contributed by atoms with Crippen LogP contribution in [-0.2, 0) is 0 Å². The van der Waals surface area contributed by atoms with Crippen molar-refractivity contribution in [3.63, 3.8) is 0 Å². The molecule has 1 heterocycles. The number of rotatable bonds is 0. The van der Waals surface area contributed by atoms with Crippen molar-refractivity contribution < 1.29 is 51.9 Å². The van der Waals surface area contributed by atoms with Gasteiger partial charge in [-0.1, -0.05) is 0 Å². The van der Waals surface area contributed by atoms with Crippen LogP contribution in [0.5, 0.6) is 0 Å². The van der Waals surface area contributed by atoms with E-state index in [0.717, 1.165) is 26.2 Å². The van der Waals surface area contributed by atoms with Crippen LogP contribution in [0.2, 0.25) is 0 Å². The molecule has 1 fully saturated rings. The zero-order valence-corrected chi connectivity index (χ0v) is 18.3. The van der Waals surface area contributed by atoms with Gasteiger partial charge in [0.05, 0.1) is 24.2 Å². The Labute approximate surface area is 166 Å². The second-order valence-electron chi connectivity index (χ2n) is 8.08. The highest BCUT2D eigenvalue weighted by molar-refractivity contribution is 4.75. The van der Waals surface area contributed by atoms with Gasteiger partial charge in [0.1, 0.15) is 0 Å². The van der Waals surface area contributed by atoms with Crippen molar-refractivity contribution in [3.05, 3.63) is 0 Å². The second kappa shape index (κ2) is 16.5. The highest BCUT2D eigenvalue weighted by atomic mass is 35.5. The average molecular weight is 411 g/mol. The minimum Gasteiger partial charge on any atom is -1.00 e. The fraction of sp³-hybridized carbons (Fsp3) is 1.00. The van der Waals surface area contributed by atoms with Crippen LogP contribution in [0.1, 0.15) is 54.4 Å². The summed E-state index contributed by atoms with van der Waals surface area (Å²) in [5.41, 5.74) is 0.648. The van der Waals surface area contributed by atoms with Gasteiger partial charge in [-0.15, -0.1) is 0 Å². The molecule has 0 aromatic rings. The van der Waals surface area contributed by atoms with Crippen LogP contribution >= 0.6 is 0 Å². The van der Waals surface area contributed by atoms with Gasteiger partial charge in [0.15, 0.2) is 0 Å². The Morgan fingerprint density at radius 3 is 1.24 bits per heavy atom. The zero-order valence-electron chi connectivity index (χ0n) is 16.8. The largest absolute Gasteiger partial charge is 1.00 e. The Morgan fingerprint density at radius 1 is 0.680 bits per heavy atom. The Bertz CT molecular complexity index is 271. The third kappa shape index (κ3) is 17.5. The minimum atomic E-state index is 0. The first-order chi connectivity index (χ1) is 9.20. The standard InChI is InChI=1S/C16H36N4.2ClH.3H2O/c1-13-11-15(3,4)19-10-8-18-14(2)12-16(5,6)20-9-7-17-13;;;;;/h13-14,17-20H,7-12H2,1-6H3;2*1H;3*1H2/t13-,14-;;;;;/m0...../s1. The predicted octanol–water partition coefficient (Wildman–Crippen LogP) is -9.05. The molecule has 0 radical (unpaired) electrons. The fourth-order valence-corrected chi connectivity index (χ4v) is 3.47. The lowest BCUT2D eigenvalue weighted by atomic mass is 9.94. The molecule has 9 heteroatoms. The van der Waals surface area contributed by atoms with Crippen LogP contribution < -0.4 is 46.1 Å². The summed E-state index contributed by atoms with van der Waals surface area (Å²) in [6.07, 6.45) is 2.43. The normalized spacial score (nSPS) is 26.6. The van der Waals surface area contributed by atoms with E-state index in [9.17, 15) is 0 Å². The first-order valence-corrected chi connectivity index (χ1v) is 8.36. The summed E-state index contributed by atoms with van der Waals surface area (Å²) in [7, 11) is 0. The van der Waals surface area contributed by atoms with E-state index >= 15 is 0 Å². The number of hydrogen-bond acceptors (Lipinski definition) is 2. The molecule has 1 saturated heterocycles. The van der Waals surface area contributed by atoms with Crippen molar-refractivity contribution in [3.8, 4) is 0 Å². The Morgan fingerprint density at radius 2 is 0.960 bits per heavy atom. The monoisotopic (exact) mass is 410 g/mol. The van der Waals surface area contributed by atoms with Crippen molar-refractivity contribution >= 4 is 0 Å². The third-order valence-corrected chi connectivity index (χ3v) is 4.33. The molecule has 0 aromatic heterocycles. The first kappa shape index (κ1) is 36.3. The number of halogens is 2. The summed E-state index contributed by atoms with van der Waals surface area (Å²) in [5, 5.41) is 12.3. The molecule has 0 aromatic carbocycles. The van der Waals surface area contributed by atoms with Crippen LogP contribution in [-0.4, -0.2) is 65.8 Å². The van der Waals surface area contributed by atoms with Gasteiger partial charge in [-0.3, -0.25) is 0 Å². The van der Waals surface area contributed by atoms with Gasteiger partial charge < -0.3 is 62.5 Å². The van der Waals surface area contributed by atoms with Crippen molar-refractivity contribution in [2.75, 3.05) is 26.2 Å². The molecule has 1 rings (SSSR count). The maximum absolute atomic E-state index is 3.67. The molecule has 0 saturated carbocycles. The molecule has 12 N–H and O–H groups in total. The van der Waals surface area contributed by atoms with Gasteiger partial charge in [0, 0.05) is 38.0 Å². The molecule has 0 bridgehead atoms.